The zero-order valence-corrected chi connectivity index (χ0v) is 12.8. The van der Waals surface area contributed by atoms with Gasteiger partial charge in [0.15, 0.2) is 0 Å². The number of hydrogen-bond donors (Lipinski definition) is 0. The first-order valence-corrected chi connectivity index (χ1v) is 27.5. The van der Waals surface area contributed by atoms with Gasteiger partial charge in [-0.2, -0.15) is 0 Å². The van der Waals surface area contributed by atoms with E-state index in [9.17, 15) is 0 Å². The molecule has 0 aromatic carbocycles. The molecule has 0 aliphatic carbocycles. The maximum absolute atomic E-state index is 1.76. The maximum atomic E-state index is 1.76. The topological polar surface area (TPSA) is 0 Å². The average molecular weight is 617 g/mol. The van der Waals surface area contributed by atoms with Gasteiger partial charge in [0.1, 0.15) is 0 Å². The van der Waals surface area contributed by atoms with Gasteiger partial charge in [-0.15, -0.1) is 0 Å². The Hall–Kier alpha value is 3.06. The second-order valence-electron chi connectivity index (χ2n) is 0.149. The van der Waals surface area contributed by atoms with Crippen LogP contribution in [0.4, 0.5) is 0 Å². The Labute approximate surface area is 59.9 Å². The molecule has 0 heterocycles. The zero-order chi connectivity index (χ0) is 3.41. The third-order valence-electron chi connectivity index (χ3n) is 0.0333. The third-order valence-corrected chi connectivity index (χ3v) is 101. The molecule has 0 bridgehead atoms. The van der Waals surface area contributed by atoms with Crippen LogP contribution in [0.5, 0.6) is 0 Å². The molecule has 0 spiro atoms. The van der Waals surface area contributed by atoms with Crippen LogP contribution in [0.3, 0.4) is 0 Å². The van der Waals surface area contributed by atoms with Crippen LogP contribution in [0.15, 0.2) is 0 Å². The normalized spacial score (nSPS) is 7.00. The fourth-order valence-corrected chi connectivity index (χ4v) is 0. The molecule has 0 aliphatic heterocycles. The second-order valence-corrected chi connectivity index (χ2v) is 54.9. The van der Waals surface area contributed by atoms with Crippen LogP contribution < -0.4 is 0 Å². The van der Waals surface area contributed by atoms with Gasteiger partial charge < -0.3 is 0 Å². The van der Waals surface area contributed by atoms with Crippen molar-refractivity contribution in [2.45, 2.75) is 0 Å². The van der Waals surface area contributed by atoms with Crippen LogP contribution in [0.2, 0.25) is 0 Å². The molecule has 4 heavy (non-hydrogen) atoms. The van der Waals surface area contributed by atoms with Gasteiger partial charge in [0.05, 0.1) is 0 Å². The van der Waals surface area contributed by atoms with E-state index in [1.165, 1.54) is 0 Å². The zero-order valence-electron chi connectivity index (χ0n) is 1.71. The molecule has 22 valence electrons. The molecule has 0 aromatic heterocycles. The molecule has 0 N–H and O–H groups in total. The molecular formula is Ta2Te2. The van der Waals surface area contributed by atoms with Crippen molar-refractivity contribution in [2.24, 2.45) is 0 Å². The van der Waals surface area contributed by atoms with E-state index in [1.54, 1.807) is 34.7 Å². The van der Waals surface area contributed by atoms with Gasteiger partial charge in [0.2, 0.25) is 0 Å². The molecule has 0 unspecified atom stereocenters. The van der Waals surface area contributed by atoms with E-state index in [-0.39, 0.29) is 0 Å². The summed E-state index contributed by atoms with van der Waals surface area (Å²) in [5.41, 5.74) is 0. The molecule has 0 fully saturated rings. The molecule has 0 aliphatic rings. The predicted molar refractivity (Wildman–Crippen MR) is 11.5 cm³/mol. The molecule has 0 aromatic rings. The number of hydrogen-bond acceptors (Lipinski definition) is 0. The summed E-state index contributed by atoms with van der Waals surface area (Å²) in [6.07, 6.45) is 0. The van der Waals surface area contributed by atoms with E-state index in [0.29, 0.717) is 0 Å². The predicted octanol–water partition coefficient (Wildman–Crippen LogP) is -0.767. The van der Waals surface area contributed by atoms with Crippen molar-refractivity contribution < 1.29 is 34.7 Å². The SMILES string of the molecule is [Ta][Te][Te][Ta]. The third kappa shape index (κ3) is 5.06. The van der Waals surface area contributed by atoms with Crippen LogP contribution in [-0.4, -0.2) is 27.0 Å². The van der Waals surface area contributed by atoms with Gasteiger partial charge in [-0.3, -0.25) is 0 Å². The van der Waals surface area contributed by atoms with Crippen LogP contribution in [-0.2, 0) is 34.7 Å². The summed E-state index contributed by atoms with van der Waals surface area (Å²) in [5, 5.41) is 0. The minimum absolute atomic E-state index is 0.772. The van der Waals surface area contributed by atoms with Crippen LogP contribution in [0.1, 0.15) is 0 Å². The van der Waals surface area contributed by atoms with Gasteiger partial charge in [0, 0.05) is 0 Å². The molecule has 0 amide bonds. The summed E-state index contributed by atoms with van der Waals surface area (Å²) in [6.45, 7) is 0. The Kier molecular flexibility index (Phi) is 10.7. The van der Waals surface area contributed by atoms with Gasteiger partial charge in [0.25, 0.3) is 0 Å². The van der Waals surface area contributed by atoms with Crippen LogP contribution >= 0.6 is 0 Å². The number of rotatable bonds is 1. The summed E-state index contributed by atoms with van der Waals surface area (Å²) in [5.74, 6) is 0. The molecule has 0 radical (unpaired) electrons. The summed E-state index contributed by atoms with van der Waals surface area (Å²) in [7, 11) is 0. The molecular weight excluding hydrogens is 617 g/mol. The quantitative estimate of drug-likeness (QED) is 0.340. The fourth-order valence-electron chi connectivity index (χ4n) is 0. The van der Waals surface area contributed by atoms with Gasteiger partial charge >= 0.3 is 61.7 Å². The van der Waals surface area contributed by atoms with E-state index >= 15 is 0 Å². The van der Waals surface area contributed by atoms with Crippen molar-refractivity contribution in [3.05, 3.63) is 0 Å². The standard InChI is InChI=1S/2Ta.Te2/c;;1-2/q2*+1;-2. The average Bonchev–Trinajstić information content (AvgIpc) is 1.37. The molecule has 0 atom stereocenters. The molecule has 0 nitrogen and oxygen atoms in total. The van der Waals surface area contributed by atoms with E-state index in [2.05, 4.69) is 0 Å². The van der Waals surface area contributed by atoms with Gasteiger partial charge in [-0.1, -0.05) is 0 Å². The summed E-state index contributed by atoms with van der Waals surface area (Å²) in [4.78, 5) is 0. The molecule has 0 saturated heterocycles. The Morgan fingerprint density at radius 2 is 1.25 bits per heavy atom. The van der Waals surface area contributed by atoms with E-state index < -0.39 is 0 Å². The Morgan fingerprint density at radius 1 is 1.00 bits per heavy atom. The van der Waals surface area contributed by atoms with Crippen molar-refractivity contribution in [2.75, 3.05) is 0 Å². The van der Waals surface area contributed by atoms with E-state index in [1.807, 2.05) is 0 Å². The van der Waals surface area contributed by atoms with Crippen molar-refractivity contribution in [3.63, 3.8) is 0 Å². The van der Waals surface area contributed by atoms with Crippen molar-refractivity contribution in [1.29, 1.82) is 0 Å². The molecule has 0 saturated carbocycles. The molecule has 4 heteroatoms. The summed E-state index contributed by atoms with van der Waals surface area (Å²) < 4.78 is 0. The van der Waals surface area contributed by atoms with Gasteiger partial charge in [-0.25, -0.2) is 0 Å². The Balaban J connectivity index is 1.97. The monoisotopic (exact) mass is 622 g/mol. The first-order valence-electron chi connectivity index (χ1n) is 0.532. The van der Waals surface area contributed by atoms with E-state index in [0.717, 1.165) is 27.0 Å². The van der Waals surface area contributed by atoms with Crippen molar-refractivity contribution >= 4 is 27.0 Å². The Bertz CT molecular complexity index is 6.00. The van der Waals surface area contributed by atoms with Crippen LogP contribution in [0, 0.1) is 0 Å². The summed E-state index contributed by atoms with van der Waals surface area (Å²) >= 11 is 5.07. The molecule has 0 rings (SSSR count). The first-order chi connectivity index (χ1) is 1.91. The van der Waals surface area contributed by atoms with Crippen LogP contribution in [0.25, 0.3) is 0 Å². The summed E-state index contributed by atoms with van der Waals surface area (Å²) in [6, 6.07) is 0. The fraction of sp³-hybridized carbons (Fsp3) is 0. The van der Waals surface area contributed by atoms with Gasteiger partial charge in [-0.05, 0) is 0 Å². The van der Waals surface area contributed by atoms with Crippen molar-refractivity contribution in [3.8, 4) is 0 Å². The first kappa shape index (κ1) is 7.06. The van der Waals surface area contributed by atoms with E-state index in [4.69, 9.17) is 0 Å². The minimum atomic E-state index is 0.772. The Morgan fingerprint density at radius 3 is 1.25 bits per heavy atom. The van der Waals surface area contributed by atoms with Crippen molar-refractivity contribution in [1.82, 2.24) is 0 Å². The second kappa shape index (κ2) is 6.06.